The van der Waals surface area contributed by atoms with Crippen LogP contribution in [0, 0.1) is 24.0 Å². The van der Waals surface area contributed by atoms with Gasteiger partial charge in [-0.1, -0.05) is 29.3 Å². The molecule has 0 unspecified atom stereocenters. The Labute approximate surface area is 223 Å². The maximum atomic E-state index is 13.4. The van der Waals surface area contributed by atoms with E-state index in [2.05, 4.69) is 9.82 Å². The Morgan fingerprint density at radius 2 is 1.70 bits per heavy atom. The lowest BCUT2D eigenvalue weighted by atomic mass is 10.1. The maximum absolute atomic E-state index is 13.4. The largest absolute Gasteiger partial charge is 0.459 e. The van der Waals surface area contributed by atoms with Gasteiger partial charge in [0.15, 0.2) is 0 Å². The number of carbonyl (C=O) groups is 2. The Bertz CT molecular complexity index is 1470. The monoisotopic (exact) mass is 543 g/mol. The number of esters is 1. The summed E-state index contributed by atoms with van der Waals surface area (Å²) in [6, 6.07) is 17.2. The van der Waals surface area contributed by atoms with Crippen molar-refractivity contribution in [1.82, 2.24) is 9.55 Å². The third-order valence-corrected chi connectivity index (χ3v) is 5.92. The zero-order chi connectivity index (χ0) is 25.8. The minimum Gasteiger partial charge on any atom is -0.459 e. The number of aryl methyl sites for hydroxylation is 1. The van der Waals surface area contributed by atoms with E-state index in [4.69, 9.17) is 16.3 Å². The van der Waals surface area contributed by atoms with Crippen molar-refractivity contribution in [3.05, 3.63) is 110 Å². The van der Waals surface area contributed by atoms with Gasteiger partial charge in [0.25, 0.3) is 11.0 Å². The summed E-state index contributed by atoms with van der Waals surface area (Å²) in [5.74, 6) is -0.720. The number of fused-ring (bicyclic) bond motifs is 1. The minimum atomic E-state index is -0.896. The van der Waals surface area contributed by atoms with Gasteiger partial charge in [-0.3, -0.25) is 19.1 Å². The summed E-state index contributed by atoms with van der Waals surface area (Å²) in [7, 11) is 0. The lowest BCUT2D eigenvalue weighted by Crippen LogP contribution is -2.14. The molecule has 0 aliphatic heterocycles. The topological polar surface area (TPSA) is 114 Å². The van der Waals surface area contributed by atoms with Crippen molar-refractivity contribution in [3.8, 4) is 0 Å². The second-order valence-corrected chi connectivity index (χ2v) is 8.62. The second-order valence-electron chi connectivity index (χ2n) is 8.19. The lowest BCUT2D eigenvalue weighted by molar-refractivity contribution is -0.763. The molecule has 4 rings (SSSR count). The zero-order valence-electron chi connectivity index (χ0n) is 20.0. The fourth-order valence-electron chi connectivity index (χ4n) is 3.96. The molecule has 192 valence electrons. The molecule has 0 saturated carbocycles. The molecule has 0 atom stereocenters. The van der Waals surface area contributed by atoms with E-state index in [0.717, 1.165) is 10.9 Å². The molecule has 0 bridgehead atoms. The molecule has 0 saturated heterocycles. The molecule has 9 nitrogen and oxygen atoms in total. The van der Waals surface area contributed by atoms with Gasteiger partial charge in [-0.05, 0) is 67.9 Å². The van der Waals surface area contributed by atoms with E-state index >= 15 is 0 Å². The summed E-state index contributed by atoms with van der Waals surface area (Å²) < 4.78 is 7.03. The molecule has 2 heterocycles. The molecule has 0 fully saturated rings. The first-order chi connectivity index (χ1) is 17.2. The summed E-state index contributed by atoms with van der Waals surface area (Å²) in [4.78, 5) is 45.1. The standard InChI is InChI=1S/C26H22ClN3O6.ClH/c1-16-6-11-24-23(12-16)22(17(2)29(24)26(32)18-7-9-19(27)10-8-18)13-25(31)35-14-20-4-3-5-21(28-20)15-36-30(33)34;/h3-12H,13-15H2,1-2H3;1H. The Morgan fingerprint density at radius 3 is 2.38 bits per heavy atom. The van der Waals surface area contributed by atoms with Gasteiger partial charge in [-0.15, -0.1) is 22.5 Å². The highest BCUT2D eigenvalue weighted by atomic mass is 35.5. The molecule has 11 heteroatoms. The number of rotatable bonds is 8. The number of pyridine rings is 1. The quantitative estimate of drug-likeness (QED) is 0.166. The summed E-state index contributed by atoms with van der Waals surface area (Å²) in [5, 5.41) is 10.8. The van der Waals surface area contributed by atoms with Crippen molar-refractivity contribution in [1.29, 1.82) is 0 Å². The number of nitrogens with zero attached hydrogens (tertiary/aromatic N) is 3. The summed E-state index contributed by atoms with van der Waals surface area (Å²) >= 11 is 5.97. The van der Waals surface area contributed by atoms with Gasteiger partial charge in [-0.25, -0.2) is 0 Å². The number of carbonyl (C=O) groups excluding carboxylic acids is 2. The van der Waals surface area contributed by atoms with Gasteiger partial charge in [0.1, 0.15) is 13.2 Å². The van der Waals surface area contributed by atoms with Gasteiger partial charge in [0.05, 0.1) is 23.3 Å². The van der Waals surface area contributed by atoms with Crippen LogP contribution in [0.5, 0.6) is 0 Å². The first kappa shape index (κ1) is 27.6. The smallest absolute Gasteiger partial charge is 0.310 e. The Kier molecular flexibility index (Phi) is 8.86. The van der Waals surface area contributed by atoms with E-state index in [0.29, 0.717) is 38.7 Å². The van der Waals surface area contributed by atoms with Gasteiger partial charge in [-0.2, -0.15) is 0 Å². The van der Waals surface area contributed by atoms with Gasteiger partial charge in [0.2, 0.25) is 0 Å². The summed E-state index contributed by atoms with van der Waals surface area (Å²) in [6.07, 6.45) is -0.0448. The molecule has 0 radical (unpaired) electrons. The van der Waals surface area contributed by atoms with Crippen molar-refractivity contribution < 1.29 is 24.3 Å². The Hall–Kier alpha value is -3.95. The van der Waals surface area contributed by atoms with Crippen molar-refractivity contribution in [2.75, 3.05) is 0 Å². The predicted octanol–water partition coefficient (Wildman–Crippen LogP) is 5.41. The number of hydrogen-bond donors (Lipinski definition) is 0. The van der Waals surface area contributed by atoms with E-state index in [9.17, 15) is 19.7 Å². The van der Waals surface area contributed by atoms with Crippen LogP contribution in [0.25, 0.3) is 10.9 Å². The highest BCUT2D eigenvalue weighted by Crippen LogP contribution is 2.29. The normalized spacial score (nSPS) is 10.6. The van der Waals surface area contributed by atoms with Gasteiger partial charge < -0.3 is 9.57 Å². The highest BCUT2D eigenvalue weighted by Gasteiger charge is 2.22. The molecular formula is C26H23Cl2N3O6. The van der Waals surface area contributed by atoms with E-state index in [-0.39, 0.29) is 37.9 Å². The number of ether oxygens (including phenoxy) is 1. The SMILES string of the molecule is Cc1ccc2c(c1)c(CC(=O)OCc1cccc(CO[N+](=O)[O-])n1)c(C)n2C(=O)c1ccc(Cl)cc1.Cl. The van der Waals surface area contributed by atoms with E-state index < -0.39 is 11.1 Å². The first-order valence-corrected chi connectivity index (χ1v) is 11.4. The molecule has 0 N–H and O–H groups in total. The molecular weight excluding hydrogens is 521 g/mol. The van der Waals surface area contributed by atoms with Crippen molar-refractivity contribution >= 4 is 46.8 Å². The van der Waals surface area contributed by atoms with Crippen LogP contribution >= 0.6 is 24.0 Å². The lowest BCUT2D eigenvalue weighted by Gasteiger charge is -2.08. The number of halogens is 2. The molecule has 0 spiro atoms. The van der Waals surface area contributed by atoms with Crippen LogP contribution in [0.4, 0.5) is 0 Å². The summed E-state index contributed by atoms with van der Waals surface area (Å²) in [6.45, 7) is 3.34. The minimum absolute atomic E-state index is 0. The average molecular weight is 544 g/mol. The molecule has 2 aromatic heterocycles. The fourth-order valence-corrected chi connectivity index (χ4v) is 4.09. The molecule has 0 amide bonds. The van der Waals surface area contributed by atoms with Crippen LogP contribution in [-0.2, 0) is 34.0 Å². The zero-order valence-corrected chi connectivity index (χ0v) is 21.5. The van der Waals surface area contributed by atoms with Crippen molar-refractivity contribution in [2.24, 2.45) is 0 Å². The highest BCUT2D eigenvalue weighted by molar-refractivity contribution is 6.30. The van der Waals surface area contributed by atoms with Crippen molar-refractivity contribution in [2.45, 2.75) is 33.5 Å². The molecule has 2 aromatic carbocycles. The number of aromatic nitrogens is 2. The molecule has 0 aliphatic carbocycles. The van der Waals surface area contributed by atoms with Crippen LogP contribution in [0.2, 0.25) is 5.02 Å². The second kappa shape index (κ2) is 11.9. The molecule has 0 aliphatic rings. The van der Waals surface area contributed by atoms with E-state index in [1.165, 1.54) is 0 Å². The number of hydrogen-bond acceptors (Lipinski definition) is 7. The fraction of sp³-hybridized carbons (Fsp3) is 0.192. The Morgan fingerprint density at radius 1 is 1.03 bits per heavy atom. The Balaban J connectivity index is 0.00000380. The van der Waals surface area contributed by atoms with E-state index in [1.807, 2.05) is 25.1 Å². The van der Waals surface area contributed by atoms with Gasteiger partial charge in [0, 0.05) is 21.7 Å². The maximum Gasteiger partial charge on any atom is 0.310 e. The first-order valence-electron chi connectivity index (χ1n) is 11.0. The van der Waals surface area contributed by atoms with Crippen LogP contribution in [0.15, 0.2) is 60.7 Å². The predicted molar refractivity (Wildman–Crippen MR) is 139 cm³/mol. The molecule has 37 heavy (non-hydrogen) atoms. The third kappa shape index (κ3) is 6.44. The van der Waals surface area contributed by atoms with Gasteiger partial charge >= 0.3 is 5.97 Å². The average Bonchev–Trinajstić information content (AvgIpc) is 3.12. The van der Waals surface area contributed by atoms with E-state index in [1.54, 1.807) is 54.0 Å². The van der Waals surface area contributed by atoms with Crippen LogP contribution in [-0.4, -0.2) is 26.5 Å². The van der Waals surface area contributed by atoms with Crippen LogP contribution in [0.3, 0.4) is 0 Å². The number of benzene rings is 2. The van der Waals surface area contributed by atoms with Crippen molar-refractivity contribution in [3.63, 3.8) is 0 Å². The molecule has 4 aromatic rings. The van der Waals surface area contributed by atoms with Crippen LogP contribution in [0.1, 0.15) is 38.6 Å². The van der Waals surface area contributed by atoms with Crippen LogP contribution < -0.4 is 0 Å². The summed E-state index contributed by atoms with van der Waals surface area (Å²) in [5.41, 5.74) is 4.27. The third-order valence-electron chi connectivity index (χ3n) is 5.67.